The Morgan fingerprint density at radius 3 is 2.13 bits per heavy atom. The molecule has 0 amide bonds. The number of ether oxygens (including phenoxy) is 1. The molecule has 5 atom stereocenters. The molecule has 9 N–H and O–H groups in total. The highest BCUT2D eigenvalue weighted by molar-refractivity contribution is 7.68. The second-order valence-electron chi connectivity index (χ2n) is 10.1. The van der Waals surface area contributed by atoms with Crippen molar-refractivity contribution in [2.75, 3.05) is 19.4 Å². The number of aryl methyl sites for hydroxylation is 1. The number of H-pyrrole nitrogens is 1. The molecule has 0 fully saturated rings. The first-order valence-electron chi connectivity index (χ1n) is 14.3. The molecular formula is C25H48N5O12P3. The first-order valence-corrected chi connectivity index (χ1v) is 19.0. The van der Waals surface area contributed by atoms with Gasteiger partial charge in [-0.3, -0.25) is 23.4 Å². The Bertz CT molecular complexity index is 1360. The number of unbranched alkanes of at least 4 members (excludes halogenated alkanes) is 9. The smallest absolute Gasteiger partial charge is 0.344 e. The summed E-state index contributed by atoms with van der Waals surface area (Å²) >= 11 is 0. The lowest BCUT2D eigenvalue weighted by Gasteiger charge is -2.22. The van der Waals surface area contributed by atoms with Crippen LogP contribution >= 0.6 is 23.2 Å². The van der Waals surface area contributed by atoms with E-state index in [0.29, 0.717) is 12.8 Å². The lowest BCUT2D eigenvalue weighted by molar-refractivity contribution is -0.0104. The van der Waals surface area contributed by atoms with Crippen LogP contribution in [-0.4, -0.2) is 44.8 Å². The van der Waals surface area contributed by atoms with Gasteiger partial charge in [0.15, 0.2) is 6.23 Å². The van der Waals surface area contributed by atoms with Crippen LogP contribution in [0.3, 0.4) is 0 Å². The lowest BCUT2D eigenvalue weighted by atomic mass is 10.1. The zero-order valence-corrected chi connectivity index (χ0v) is 28.6. The van der Waals surface area contributed by atoms with Crippen LogP contribution in [0.4, 0.5) is 0 Å². The quantitative estimate of drug-likeness (QED) is 0.0532. The van der Waals surface area contributed by atoms with Crippen molar-refractivity contribution in [3.63, 3.8) is 0 Å². The van der Waals surface area contributed by atoms with Crippen LogP contribution in [0.1, 0.15) is 89.3 Å². The van der Waals surface area contributed by atoms with Crippen LogP contribution in [0, 0.1) is 18.3 Å². The molecule has 1 aromatic rings. The molecule has 45 heavy (non-hydrogen) atoms. The highest BCUT2D eigenvalue weighted by Gasteiger charge is 2.42. The molecule has 17 nitrogen and oxygen atoms in total. The van der Waals surface area contributed by atoms with Crippen molar-refractivity contribution in [1.29, 1.82) is 5.26 Å². The first kappa shape index (κ1) is 43.2. The molecule has 0 spiro atoms. The molecule has 0 radical (unpaired) electrons. The van der Waals surface area contributed by atoms with Gasteiger partial charge < -0.3 is 31.3 Å². The van der Waals surface area contributed by atoms with E-state index >= 15 is 0 Å². The van der Waals surface area contributed by atoms with Crippen molar-refractivity contribution in [2.24, 2.45) is 0 Å². The van der Waals surface area contributed by atoms with E-state index in [0.717, 1.165) is 30.3 Å². The number of aromatic amines is 1. The number of rotatable bonds is 22. The molecule has 1 aromatic heterocycles. The van der Waals surface area contributed by atoms with Crippen molar-refractivity contribution in [1.82, 2.24) is 21.9 Å². The van der Waals surface area contributed by atoms with E-state index in [1.54, 1.807) is 6.07 Å². The fourth-order valence-corrected chi connectivity index (χ4v) is 9.00. The number of phosphoric ester groups is 1. The Kier molecular flexibility index (Phi) is 20.4. The minimum Gasteiger partial charge on any atom is -0.344 e. The first-order chi connectivity index (χ1) is 20.3. The summed E-state index contributed by atoms with van der Waals surface area (Å²) in [5.41, 5.74) is -1.04. The highest BCUT2D eigenvalue weighted by atomic mass is 31.3. The average Bonchev–Trinajstić information content (AvgIpc) is 3.39. The van der Waals surface area contributed by atoms with Crippen molar-refractivity contribution >= 4 is 23.2 Å². The molecule has 3 unspecified atom stereocenters. The molecule has 2 heterocycles. The number of hydrogen-bond donors (Lipinski definition) is 5. The normalized spacial score (nSPS) is 19.8. The number of phosphoric acid groups is 2. The van der Waals surface area contributed by atoms with Crippen molar-refractivity contribution in [3.05, 3.63) is 44.8 Å². The number of nitrogens with zero attached hydrogens (tertiary/aromatic N) is 2. The molecule has 0 aliphatic carbocycles. The maximum absolute atomic E-state index is 13.2. The minimum atomic E-state index is -5.45. The predicted molar refractivity (Wildman–Crippen MR) is 167 cm³/mol. The second-order valence-corrected chi connectivity index (χ2v) is 15.4. The van der Waals surface area contributed by atoms with E-state index in [2.05, 4.69) is 16.2 Å². The van der Waals surface area contributed by atoms with Gasteiger partial charge in [0.1, 0.15) is 6.10 Å². The van der Waals surface area contributed by atoms with Crippen LogP contribution in [0.5, 0.6) is 0 Å². The van der Waals surface area contributed by atoms with E-state index in [1.165, 1.54) is 51.0 Å². The largest absolute Gasteiger partial charge is 0.488 e. The van der Waals surface area contributed by atoms with Crippen molar-refractivity contribution < 1.29 is 45.9 Å². The Morgan fingerprint density at radius 1 is 0.933 bits per heavy atom. The maximum Gasteiger partial charge on any atom is 0.488 e. The molecule has 1 aliphatic heterocycles. The number of hydrogen-bond acceptors (Lipinski definition) is 13. The molecular weight excluding hydrogens is 655 g/mol. The lowest BCUT2D eigenvalue weighted by Crippen LogP contribution is -2.33. The topological polar surface area (TPSA) is 286 Å². The van der Waals surface area contributed by atoms with E-state index in [4.69, 9.17) is 23.4 Å². The monoisotopic (exact) mass is 703 g/mol. The third-order valence-electron chi connectivity index (χ3n) is 6.35. The molecule has 0 saturated heterocycles. The van der Waals surface area contributed by atoms with Gasteiger partial charge in [-0.2, -0.15) is 9.57 Å². The Morgan fingerprint density at radius 2 is 1.53 bits per heavy atom. The fourth-order valence-electron chi connectivity index (χ4n) is 4.16. The van der Waals surface area contributed by atoms with Crippen LogP contribution in [0.25, 0.3) is 0 Å². The molecule has 0 bridgehead atoms. The summed E-state index contributed by atoms with van der Waals surface area (Å²) in [6.07, 6.45) is 11.7. The third-order valence-corrected chi connectivity index (χ3v) is 11.7. The standard InChI is InChI=1S/C25H42N3O12P3.2H3N/c1-3-4-5-6-7-8-9-10-11-12-18-41(31,36-17-13-16-26)39-43(34,35)40-42(32,33)37-20-22-14-15-23(38-22)28-19-21(2)24(29)27-25(28)30;;/h14-15,19,22-23H,3-13,17-18,20H2,1-2H3,(H,32,33)(H,34,35)(H,27,29,30);2*1H3/t22-,23+,41?;;/m0../s1. The molecule has 20 heteroatoms. The number of aromatic nitrogens is 2. The zero-order valence-electron chi connectivity index (χ0n) is 25.9. The van der Waals surface area contributed by atoms with E-state index < -0.39 is 53.4 Å². The summed E-state index contributed by atoms with van der Waals surface area (Å²) in [7, 11) is -15.0. The molecule has 0 saturated carbocycles. The van der Waals surface area contributed by atoms with Gasteiger partial charge in [-0.1, -0.05) is 70.8 Å². The van der Waals surface area contributed by atoms with Gasteiger partial charge in [0, 0.05) is 11.8 Å². The van der Waals surface area contributed by atoms with Crippen molar-refractivity contribution in [3.8, 4) is 6.07 Å². The van der Waals surface area contributed by atoms with Gasteiger partial charge in [0.05, 0.1) is 31.9 Å². The second kappa shape index (κ2) is 21.2. The summed E-state index contributed by atoms with van der Waals surface area (Å²) in [4.78, 5) is 45.9. The summed E-state index contributed by atoms with van der Waals surface area (Å²) in [5, 5.41) is 8.76. The van der Waals surface area contributed by atoms with Gasteiger partial charge in [-0.05, 0) is 19.4 Å². The molecule has 260 valence electrons. The number of nitrogens with one attached hydrogen (secondary N) is 1. The van der Waals surface area contributed by atoms with Gasteiger partial charge in [-0.25, -0.2) is 18.2 Å². The van der Waals surface area contributed by atoms with Crippen LogP contribution in [0.2, 0.25) is 0 Å². The van der Waals surface area contributed by atoms with Gasteiger partial charge >= 0.3 is 28.9 Å². The Balaban J connectivity index is 0.00000968. The van der Waals surface area contributed by atoms with Gasteiger partial charge in [0.2, 0.25) is 0 Å². The van der Waals surface area contributed by atoms with Crippen LogP contribution < -0.4 is 23.6 Å². The Hall–Kier alpha value is -1.76. The Labute approximate surface area is 263 Å². The van der Waals surface area contributed by atoms with E-state index in [-0.39, 0.29) is 37.1 Å². The molecule has 2 rings (SSSR count). The van der Waals surface area contributed by atoms with Crippen molar-refractivity contribution in [2.45, 2.75) is 96.8 Å². The summed E-state index contributed by atoms with van der Waals surface area (Å²) in [6, 6.07) is 1.79. The fraction of sp³-hybridized carbons (Fsp3) is 0.720. The average molecular weight is 704 g/mol. The summed E-state index contributed by atoms with van der Waals surface area (Å²) in [6.45, 7) is 2.68. The minimum absolute atomic E-state index is 0. The molecule has 0 aromatic carbocycles. The predicted octanol–water partition coefficient (Wildman–Crippen LogP) is 5.92. The molecule has 1 aliphatic rings. The van der Waals surface area contributed by atoms with Gasteiger partial charge in [0.25, 0.3) is 5.56 Å². The third kappa shape index (κ3) is 16.6. The SMILES string of the molecule is CCCCCCCCCCCCP(=O)(OCCC#N)OP(=O)(O)OP(=O)(O)OC[C@@H]1C=C[C@H](n2cc(C)c(=O)[nH]c2=O)O1.N.N. The van der Waals surface area contributed by atoms with Gasteiger partial charge in [-0.15, -0.1) is 0 Å². The van der Waals surface area contributed by atoms with Crippen LogP contribution in [0.15, 0.2) is 27.9 Å². The van der Waals surface area contributed by atoms with E-state index in [9.17, 15) is 33.1 Å². The summed E-state index contributed by atoms with van der Waals surface area (Å²) < 4.78 is 63.8. The van der Waals surface area contributed by atoms with Crippen LogP contribution in [-0.2, 0) is 36.1 Å². The zero-order chi connectivity index (χ0) is 31.9. The summed E-state index contributed by atoms with van der Waals surface area (Å²) in [5.74, 6) is 0. The number of nitriles is 1. The highest BCUT2D eigenvalue weighted by Crippen LogP contribution is 2.69. The maximum atomic E-state index is 13.2. The van der Waals surface area contributed by atoms with E-state index in [1.807, 2.05) is 0 Å².